The van der Waals surface area contributed by atoms with Crippen LogP contribution in [0.4, 0.5) is 5.82 Å². The van der Waals surface area contributed by atoms with Crippen LogP contribution in [0.25, 0.3) is 0 Å². The van der Waals surface area contributed by atoms with Gasteiger partial charge >= 0.3 is 5.97 Å². The molecule has 0 radical (unpaired) electrons. The van der Waals surface area contributed by atoms with Crippen molar-refractivity contribution in [1.29, 1.82) is 0 Å². The molecule has 0 bridgehead atoms. The molecule has 2 aliphatic rings. The van der Waals surface area contributed by atoms with Gasteiger partial charge < -0.3 is 25.0 Å². The minimum Gasteiger partial charge on any atom is -0.481 e. The number of carboxylic acid groups (broad SMARTS) is 1. The number of carboxylic acids is 1. The normalized spacial score (nSPS) is 26.5. The first-order valence-corrected chi connectivity index (χ1v) is 7.63. The van der Waals surface area contributed by atoms with Gasteiger partial charge in [0.2, 0.25) is 0 Å². The zero-order valence-corrected chi connectivity index (χ0v) is 12.6. The first kappa shape index (κ1) is 15.9. The van der Waals surface area contributed by atoms with Gasteiger partial charge in [0.15, 0.2) is 12.0 Å². The number of aliphatic hydroxyl groups is 2. The van der Waals surface area contributed by atoms with Crippen molar-refractivity contribution < 1.29 is 24.9 Å². The van der Waals surface area contributed by atoms with Gasteiger partial charge in [-0.2, -0.15) is 0 Å². The number of aliphatic carboxylic acids is 1. The third-order valence-corrected chi connectivity index (χ3v) is 4.09. The highest BCUT2D eigenvalue weighted by Crippen LogP contribution is 2.36. The quantitative estimate of drug-likeness (QED) is 0.692. The van der Waals surface area contributed by atoms with E-state index in [-0.39, 0.29) is 25.4 Å². The zero-order valence-electron chi connectivity index (χ0n) is 12.6. The Morgan fingerprint density at radius 3 is 2.96 bits per heavy atom. The first-order valence-electron chi connectivity index (χ1n) is 7.63. The fourth-order valence-electron chi connectivity index (χ4n) is 2.86. The molecule has 0 spiro atoms. The lowest BCUT2D eigenvalue weighted by atomic mass is 10.2. The zero-order chi connectivity index (χ0) is 16.4. The van der Waals surface area contributed by atoms with Crippen LogP contribution >= 0.6 is 0 Å². The minimum atomic E-state index is -0.951. The number of hydrogen-bond donors (Lipinski definition) is 3. The van der Waals surface area contributed by atoms with Crippen molar-refractivity contribution in [2.45, 2.75) is 44.2 Å². The molecule has 9 heteroatoms. The number of ether oxygens (including phenoxy) is 1. The van der Waals surface area contributed by atoms with E-state index in [0.717, 1.165) is 12.8 Å². The molecule has 1 aromatic rings. The summed E-state index contributed by atoms with van der Waals surface area (Å²) in [5, 5.41) is 28.2. The van der Waals surface area contributed by atoms with E-state index in [4.69, 9.17) is 14.9 Å². The molecule has 126 valence electrons. The summed E-state index contributed by atoms with van der Waals surface area (Å²) in [6.45, 7) is 0.367. The van der Waals surface area contributed by atoms with E-state index in [0.29, 0.717) is 24.5 Å². The topological polar surface area (TPSA) is 120 Å². The molecule has 1 aromatic heterocycles. The van der Waals surface area contributed by atoms with Gasteiger partial charge in [0.1, 0.15) is 11.9 Å². The number of aromatic nitrogens is 2. The summed E-state index contributed by atoms with van der Waals surface area (Å²) in [6, 6.07) is 0. The molecule has 0 aliphatic carbocycles. The molecule has 3 atom stereocenters. The summed E-state index contributed by atoms with van der Waals surface area (Å²) in [7, 11) is 0. The number of fused-ring (bicyclic) bond motifs is 1. The van der Waals surface area contributed by atoms with Gasteiger partial charge in [0, 0.05) is 13.0 Å². The number of aliphatic hydroxyl groups excluding tert-OH is 2. The first-order chi connectivity index (χ1) is 11.1. The molecule has 1 unspecified atom stereocenters. The third kappa shape index (κ3) is 3.21. The van der Waals surface area contributed by atoms with Gasteiger partial charge in [0.25, 0.3) is 0 Å². The Morgan fingerprint density at radius 1 is 1.43 bits per heavy atom. The van der Waals surface area contributed by atoms with Crippen LogP contribution in [0.3, 0.4) is 0 Å². The van der Waals surface area contributed by atoms with Crippen LogP contribution in [0.5, 0.6) is 0 Å². The van der Waals surface area contributed by atoms with E-state index in [1.807, 2.05) is 0 Å². The molecule has 3 N–H and O–H groups in total. The molecule has 0 amide bonds. The predicted molar refractivity (Wildman–Crippen MR) is 79.1 cm³/mol. The van der Waals surface area contributed by atoms with E-state index in [1.54, 1.807) is 15.8 Å². The minimum absolute atomic E-state index is 0.0172. The Hall–Kier alpha value is -1.97. The summed E-state index contributed by atoms with van der Waals surface area (Å²) >= 11 is 0. The molecule has 0 aromatic carbocycles. The largest absolute Gasteiger partial charge is 0.481 e. The number of rotatable bonds is 6. The molecular formula is C14H20N4O5. The monoisotopic (exact) mass is 324 g/mol. The van der Waals surface area contributed by atoms with Crippen molar-refractivity contribution in [2.75, 3.05) is 13.2 Å². The van der Waals surface area contributed by atoms with E-state index in [1.165, 1.54) is 6.34 Å². The Labute approximate surface area is 132 Å². The van der Waals surface area contributed by atoms with Gasteiger partial charge in [-0.15, -0.1) is 0 Å². The van der Waals surface area contributed by atoms with Crippen molar-refractivity contribution in [3.8, 4) is 0 Å². The molecular weight excluding hydrogens is 304 g/mol. The van der Waals surface area contributed by atoms with E-state index in [2.05, 4.69) is 9.98 Å². The lowest BCUT2D eigenvalue weighted by Crippen LogP contribution is -2.31. The average Bonchev–Trinajstić information content (AvgIpc) is 3.15. The molecule has 1 fully saturated rings. The molecule has 3 heterocycles. The van der Waals surface area contributed by atoms with Crippen LogP contribution < -0.4 is 0 Å². The van der Waals surface area contributed by atoms with Crippen LogP contribution in [-0.4, -0.2) is 61.3 Å². The molecule has 0 saturated carbocycles. The van der Waals surface area contributed by atoms with Crippen LogP contribution in [0.2, 0.25) is 0 Å². The van der Waals surface area contributed by atoms with Crippen molar-refractivity contribution in [3.63, 3.8) is 0 Å². The van der Waals surface area contributed by atoms with Crippen LogP contribution in [-0.2, 0) is 9.53 Å². The summed E-state index contributed by atoms with van der Waals surface area (Å²) in [4.78, 5) is 20.7. The molecule has 2 aliphatic heterocycles. The SMILES string of the molecule is O=C(O)CCCN1C=Nc2c(ncn2[C@H]2CC[C@@H](CO)O2)C1O. The number of aliphatic imine (C=N–C) groups is 1. The lowest BCUT2D eigenvalue weighted by molar-refractivity contribution is -0.137. The van der Waals surface area contributed by atoms with E-state index < -0.39 is 12.2 Å². The number of carbonyl (C=O) groups is 1. The van der Waals surface area contributed by atoms with Gasteiger partial charge in [-0.25, -0.2) is 9.98 Å². The molecule has 3 rings (SSSR count). The molecule has 1 saturated heterocycles. The Balaban J connectivity index is 1.69. The van der Waals surface area contributed by atoms with E-state index >= 15 is 0 Å². The Bertz CT molecular complexity index is 602. The van der Waals surface area contributed by atoms with Crippen molar-refractivity contribution in [1.82, 2.24) is 14.5 Å². The van der Waals surface area contributed by atoms with Crippen molar-refractivity contribution >= 4 is 18.1 Å². The highest BCUT2D eigenvalue weighted by molar-refractivity contribution is 5.67. The maximum Gasteiger partial charge on any atom is 0.303 e. The lowest BCUT2D eigenvalue weighted by Gasteiger charge is -2.28. The maximum absolute atomic E-state index is 10.6. The predicted octanol–water partition coefficient (Wildman–Crippen LogP) is 0.384. The summed E-state index contributed by atoms with van der Waals surface area (Å²) in [6.07, 6.45) is 3.68. The fraction of sp³-hybridized carbons (Fsp3) is 0.643. The van der Waals surface area contributed by atoms with Gasteiger partial charge in [-0.1, -0.05) is 0 Å². The standard InChI is InChI=1S/C14H20N4O5/c19-6-9-3-4-10(23-9)18-8-15-12-13(18)16-7-17(14(12)22)5-1-2-11(20)21/h7-10,14,19,22H,1-6H2,(H,20,21)/t9-,10+,14?/m0/s1. The second kappa shape index (κ2) is 6.65. The second-order valence-electron chi connectivity index (χ2n) is 5.69. The number of hydrogen-bond acceptors (Lipinski definition) is 7. The van der Waals surface area contributed by atoms with Crippen molar-refractivity contribution in [3.05, 3.63) is 12.0 Å². The van der Waals surface area contributed by atoms with Crippen LogP contribution in [0.15, 0.2) is 11.3 Å². The summed E-state index contributed by atoms with van der Waals surface area (Å²) in [5.74, 6) is -0.328. The van der Waals surface area contributed by atoms with Gasteiger partial charge in [-0.3, -0.25) is 9.36 Å². The Kier molecular flexibility index (Phi) is 4.60. The molecule has 9 nitrogen and oxygen atoms in total. The fourth-order valence-corrected chi connectivity index (χ4v) is 2.86. The number of imidazole rings is 1. The molecule has 23 heavy (non-hydrogen) atoms. The number of nitrogens with zero attached hydrogens (tertiary/aromatic N) is 4. The smallest absolute Gasteiger partial charge is 0.303 e. The maximum atomic E-state index is 10.6. The van der Waals surface area contributed by atoms with Crippen LogP contribution in [0, 0.1) is 0 Å². The second-order valence-corrected chi connectivity index (χ2v) is 5.69. The van der Waals surface area contributed by atoms with E-state index in [9.17, 15) is 9.90 Å². The third-order valence-electron chi connectivity index (χ3n) is 4.09. The average molecular weight is 324 g/mol. The highest BCUT2D eigenvalue weighted by atomic mass is 16.5. The highest BCUT2D eigenvalue weighted by Gasteiger charge is 2.32. The Morgan fingerprint density at radius 2 is 2.26 bits per heavy atom. The van der Waals surface area contributed by atoms with Gasteiger partial charge in [-0.05, 0) is 19.3 Å². The van der Waals surface area contributed by atoms with Crippen molar-refractivity contribution in [2.24, 2.45) is 4.99 Å². The summed E-state index contributed by atoms with van der Waals surface area (Å²) in [5.41, 5.74) is 0.430. The van der Waals surface area contributed by atoms with Crippen LogP contribution in [0.1, 0.15) is 43.8 Å². The summed E-state index contributed by atoms with van der Waals surface area (Å²) < 4.78 is 7.48. The van der Waals surface area contributed by atoms with Gasteiger partial charge in [0.05, 0.1) is 25.4 Å².